The second kappa shape index (κ2) is 4.35. The highest BCUT2D eigenvalue weighted by atomic mass is 16.1. The van der Waals surface area contributed by atoms with Crippen LogP contribution in [0.4, 0.5) is 0 Å². The van der Waals surface area contributed by atoms with Gasteiger partial charge >= 0.3 is 0 Å². The van der Waals surface area contributed by atoms with E-state index in [9.17, 15) is 4.79 Å². The number of hydrogen-bond donors (Lipinski definition) is 1. The van der Waals surface area contributed by atoms with E-state index in [-0.39, 0.29) is 5.56 Å². The number of imidazole rings is 1. The lowest BCUT2D eigenvalue weighted by atomic mass is 10.1. The molecule has 19 heavy (non-hydrogen) atoms. The first kappa shape index (κ1) is 11.6. The first-order valence-electron chi connectivity index (χ1n) is 6.10. The molecule has 5 heteroatoms. The van der Waals surface area contributed by atoms with Crippen molar-refractivity contribution in [2.24, 2.45) is 0 Å². The van der Waals surface area contributed by atoms with Gasteiger partial charge in [0, 0.05) is 0 Å². The summed E-state index contributed by atoms with van der Waals surface area (Å²) in [6, 6.07) is 6.34. The number of nitrogens with zero attached hydrogens (tertiary/aromatic N) is 3. The van der Waals surface area contributed by atoms with Crippen LogP contribution in [0, 0.1) is 13.8 Å². The van der Waals surface area contributed by atoms with Crippen LogP contribution in [0.1, 0.15) is 16.7 Å². The summed E-state index contributed by atoms with van der Waals surface area (Å²) >= 11 is 0. The lowest BCUT2D eigenvalue weighted by Gasteiger charge is -2.08. The van der Waals surface area contributed by atoms with Gasteiger partial charge in [-0.1, -0.05) is 23.8 Å². The van der Waals surface area contributed by atoms with Crippen LogP contribution in [-0.4, -0.2) is 19.5 Å². The van der Waals surface area contributed by atoms with E-state index >= 15 is 0 Å². The van der Waals surface area contributed by atoms with Crippen LogP contribution in [0.2, 0.25) is 0 Å². The maximum Gasteiger partial charge on any atom is 0.278 e. The summed E-state index contributed by atoms with van der Waals surface area (Å²) in [6.45, 7) is 4.81. The lowest BCUT2D eigenvalue weighted by Crippen LogP contribution is -2.08. The molecule has 0 radical (unpaired) electrons. The fourth-order valence-electron chi connectivity index (χ4n) is 2.16. The maximum absolute atomic E-state index is 11.6. The van der Waals surface area contributed by atoms with E-state index in [2.05, 4.69) is 47.0 Å². The van der Waals surface area contributed by atoms with Gasteiger partial charge < -0.3 is 9.55 Å². The van der Waals surface area contributed by atoms with Crippen molar-refractivity contribution in [1.29, 1.82) is 0 Å². The molecule has 0 unspecified atom stereocenters. The largest absolute Gasteiger partial charge is 0.311 e. The Kier molecular flexibility index (Phi) is 2.67. The maximum atomic E-state index is 11.6. The van der Waals surface area contributed by atoms with Crippen molar-refractivity contribution >= 4 is 11.2 Å². The molecule has 0 fully saturated rings. The van der Waals surface area contributed by atoms with Gasteiger partial charge in [0.05, 0.1) is 19.2 Å². The molecular formula is C14H14N4O. The number of aryl methyl sites for hydroxylation is 2. The molecule has 2 heterocycles. The number of H-pyrrole nitrogens is 1. The highest BCUT2D eigenvalue weighted by molar-refractivity contribution is 5.68. The third kappa shape index (κ3) is 2.03. The third-order valence-corrected chi connectivity index (χ3v) is 3.25. The van der Waals surface area contributed by atoms with Gasteiger partial charge in [0.25, 0.3) is 5.56 Å². The van der Waals surface area contributed by atoms with Crippen molar-refractivity contribution in [3.05, 3.63) is 57.9 Å². The van der Waals surface area contributed by atoms with Crippen molar-refractivity contribution in [3.63, 3.8) is 0 Å². The Labute approximate surface area is 110 Å². The summed E-state index contributed by atoms with van der Waals surface area (Å²) in [5, 5.41) is 0. The topological polar surface area (TPSA) is 63.6 Å². The molecule has 0 atom stereocenters. The minimum absolute atomic E-state index is 0.204. The average Bonchev–Trinajstić information content (AvgIpc) is 2.79. The zero-order chi connectivity index (χ0) is 13.4. The molecule has 1 aromatic carbocycles. The minimum Gasteiger partial charge on any atom is -0.311 e. The number of fused-ring (bicyclic) bond motifs is 1. The molecule has 0 saturated heterocycles. The molecule has 3 aromatic rings. The van der Waals surface area contributed by atoms with Gasteiger partial charge in [0.15, 0.2) is 11.2 Å². The molecule has 5 nitrogen and oxygen atoms in total. The van der Waals surface area contributed by atoms with Crippen molar-refractivity contribution in [3.8, 4) is 0 Å². The molecule has 1 N–H and O–H groups in total. The summed E-state index contributed by atoms with van der Waals surface area (Å²) in [5.41, 5.74) is 4.44. The number of aromatic amines is 1. The van der Waals surface area contributed by atoms with Gasteiger partial charge in [-0.15, -0.1) is 0 Å². The Morgan fingerprint density at radius 2 is 2.11 bits per heavy atom. The number of nitrogens with one attached hydrogen (secondary N) is 1. The Bertz CT molecular complexity index is 801. The van der Waals surface area contributed by atoms with Crippen molar-refractivity contribution in [1.82, 2.24) is 19.5 Å². The quantitative estimate of drug-likeness (QED) is 0.758. The lowest BCUT2D eigenvalue weighted by molar-refractivity contribution is 0.806. The summed E-state index contributed by atoms with van der Waals surface area (Å²) in [6.07, 6.45) is 3.07. The summed E-state index contributed by atoms with van der Waals surface area (Å²) in [7, 11) is 0. The fourth-order valence-corrected chi connectivity index (χ4v) is 2.16. The van der Waals surface area contributed by atoms with Crippen LogP contribution >= 0.6 is 0 Å². The molecule has 0 aliphatic carbocycles. The van der Waals surface area contributed by atoms with Crippen LogP contribution in [0.3, 0.4) is 0 Å². The molecule has 0 bridgehead atoms. The van der Waals surface area contributed by atoms with E-state index in [0.29, 0.717) is 17.7 Å². The first-order valence-corrected chi connectivity index (χ1v) is 6.10. The standard InChI is InChI=1S/C14H14N4O/c1-9-3-4-10(2)11(5-9)6-18-8-17-12-13(18)15-7-16-14(12)19/h3-5,7-8H,6H2,1-2H3,(H,15,16,19). The van der Waals surface area contributed by atoms with Gasteiger partial charge in [0.2, 0.25) is 0 Å². The van der Waals surface area contributed by atoms with Crippen LogP contribution in [-0.2, 0) is 6.54 Å². The van der Waals surface area contributed by atoms with Crippen LogP contribution in [0.25, 0.3) is 11.2 Å². The van der Waals surface area contributed by atoms with Crippen molar-refractivity contribution in [2.75, 3.05) is 0 Å². The number of hydrogen-bond acceptors (Lipinski definition) is 3. The van der Waals surface area contributed by atoms with Gasteiger partial charge in [-0.2, -0.15) is 0 Å². The zero-order valence-corrected chi connectivity index (χ0v) is 10.8. The molecule has 3 rings (SSSR count). The molecule has 0 amide bonds. The number of aromatic nitrogens is 4. The SMILES string of the molecule is Cc1ccc(C)c(Cn2cnc3c(=O)[nH]cnc32)c1. The van der Waals surface area contributed by atoms with Crippen LogP contribution in [0.5, 0.6) is 0 Å². The molecule has 0 aliphatic heterocycles. The summed E-state index contributed by atoms with van der Waals surface area (Å²) in [5.74, 6) is 0. The predicted molar refractivity (Wildman–Crippen MR) is 73.2 cm³/mol. The Morgan fingerprint density at radius 1 is 1.26 bits per heavy atom. The van der Waals surface area contributed by atoms with Crippen molar-refractivity contribution < 1.29 is 0 Å². The summed E-state index contributed by atoms with van der Waals surface area (Å²) < 4.78 is 1.90. The Morgan fingerprint density at radius 3 is 2.95 bits per heavy atom. The smallest absolute Gasteiger partial charge is 0.278 e. The fraction of sp³-hybridized carbons (Fsp3) is 0.214. The molecular weight excluding hydrogens is 240 g/mol. The van der Waals surface area contributed by atoms with Gasteiger partial charge in [-0.05, 0) is 25.0 Å². The molecule has 0 saturated carbocycles. The summed E-state index contributed by atoms with van der Waals surface area (Å²) in [4.78, 5) is 22.4. The minimum atomic E-state index is -0.204. The monoisotopic (exact) mass is 254 g/mol. The third-order valence-electron chi connectivity index (χ3n) is 3.25. The average molecular weight is 254 g/mol. The van der Waals surface area contributed by atoms with E-state index < -0.39 is 0 Å². The number of rotatable bonds is 2. The van der Waals surface area contributed by atoms with Crippen LogP contribution in [0.15, 0.2) is 35.6 Å². The predicted octanol–water partition coefficient (Wildman–Crippen LogP) is 1.78. The van der Waals surface area contributed by atoms with Gasteiger partial charge in [0.1, 0.15) is 0 Å². The van der Waals surface area contributed by atoms with Gasteiger partial charge in [-0.3, -0.25) is 4.79 Å². The Hall–Kier alpha value is -2.43. The molecule has 96 valence electrons. The number of benzene rings is 1. The second-order valence-electron chi connectivity index (χ2n) is 4.71. The van der Waals surface area contributed by atoms with E-state index in [1.165, 1.54) is 23.0 Å². The highest BCUT2D eigenvalue weighted by Gasteiger charge is 2.08. The van der Waals surface area contributed by atoms with Crippen LogP contribution < -0.4 is 5.56 Å². The van der Waals surface area contributed by atoms with E-state index in [0.717, 1.165) is 0 Å². The normalized spacial score (nSPS) is 11.1. The molecule has 2 aromatic heterocycles. The molecule has 0 aliphatic rings. The first-order chi connectivity index (χ1) is 9.15. The van der Waals surface area contributed by atoms with Crippen molar-refractivity contribution in [2.45, 2.75) is 20.4 Å². The second-order valence-corrected chi connectivity index (χ2v) is 4.71. The zero-order valence-electron chi connectivity index (χ0n) is 10.8. The Balaban J connectivity index is 2.09. The highest BCUT2D eigenvalue weighted by Crippen LogP contribution is 2.14. The van der Waals surface area contributed by atoms with E-state index in [1.807, 2.05) is 4.57 Å². The van der Waals surface area contributed by atoms with Gasteiger partial charge in [-0.25, -0.2) is 9.97 Å². The van der Waals surface area contributed by atoms with E-state index in [4.69, 9.17) is 0 Å². The molecule has 0 spiro atoms. The van der Waals surface area contributed by atoms with E-state index in [1.54, 1.807) is 6.33 Å².